The average molecular weight is 383 g/mol. The van der Waals surface area contributed by atoms with Gasteiger partial charge in [-0.3, -0.25) is 4.72 Å². The second kappa shape index (κ2) is 6.67. The molecule has 0 saturated carbocycles. The Hall–Kier alpha value is -0.590. The maximum atomic E-state index is 11.4. The van der Waals surface area contributed by atoms with Crippen molar-refractivity contribution in [2.24, 2.45) is 0 Å². The first-order valence-corrected chi connectivity index (χ1v) is 9.49. The number of hydrogen-bond donors (Lipinski definition) is 1. The van der Waals surface area contributed by atoms with Gasteiger partial charge in [0.25, 0.3) is 0 Å². The Morgan fingerprint density at radius 2 is 1.76 bits per heavy atom. The summed E-state index contributed by atoms with van der Waals surface area (Å²) in [7, 11) is -3.40. The summed E-state index contributed by atoms with van der Waals surface area (Å²) >= 11 is 19.4. The van der Waals surface area contributed by atoms with Crippen LogP contribution in [0.2, 0.25) is 15.1 Å². The summed E-state index contributed by atoms with van der Waals surface area (Å²) in [6, 6.07) is 10.1. The third-order valence-electron chi connectivity index (χ3n) is 2.37. The lowest BCUT2D eigenvalue weighted by atomic mass is 10.3. The van der Waals surface area contributed by atoms with Gasteiger partial charge in [0.2, 0.25) is 10.0 Å². The van der Waals surface area contributed by atoms with Crippen LogP contribution in [0.1, 0.15) is 0 Å². The van der Waals surface area contributed by atoms with Gasteiger partial charge in [0.15, 0.2) is 0 Å². The molecule has 0 heterocycles. The van der Waals surface area contributed by atoms with E-state index in [-0.39, 0.29) is 0 Å². The van der Waals surface area contributed by atoms with Gasteiger partial charge in [-0.2, -0.15) is 0 Å². The SMILES string of the molecule is CS(=O)(=O)Nc1cccc(Cl)c1Sc1ccc(Cl)cc1Cl. The van der Waals surface area contributed by atoms with E-state index in [0.717, 1.165) is 11.2 Å². The Kier molecular flexibility index (Phi) is 5.33. The zero-order chi connectivity index (χ0) is 15.6. The van der Waals surface area contributed by atoms with Crippen molar-refractivity contribution in [2.45, 2.75) is 9.79 Å². The number of nitrogens with one attached hydrogen (secondary N) is 1. The molecule has 21 heavy (non-hydrogen) atoms. The summed E-state index contributed by atoms with van der Waals surface area (Å²) < 4.78 is 25.3. The van der Waals surface area contributed by atoms with Crippen LogP contribution in [0.5, 0.6) is 0 Å². The van der Waals surface area contributed by atoms with Gasteiger partial charge in [-0.1, -0.05) is 52.6 Å². The van der Waals surface area contributed by atoms with Crippen molar-refractivity contribution in [1.29, 1.82) is 0 Å². The first-order valence-electron chi connectivity index (χ1n) is 5.65. The molecule has 0 radical (unpaired) electrons. The molecule has 0 aliphatic carbocycles. The number of rotatable bonds is 4. The van der Waals surface area contributed by atoms with E-state index in [0.29, 0.717) is 25.7 Å². The molecule has 1 N–H and O–H groups in total. The standard InChI is InChI=1S/C13H10Cl3NO2S2/c1-21(18,19)17-11-4-2-3-9(15)13(11)20-12-6-5-8(14)7-10(12)16/h2-7,17H,1H3. The molecule has 3 nitrogen and oxygen atoms in total. The molecule has 0 aliphatic rings. The van der Waals surface area contributed by atoms with Crippen LogP contribution in [-0.2, 0) is 10.0 Å². The molecule has 2 aromatic carbocycles. The molecule has 8 heteroatoms. The lowest BCUT2D eigenvalue weighted by Crippen LogP contribution is -2.10. The molecule has 0 spiro atoms. The first kappa shape index (κ1) is 16.8. The average Bonchev–Trinajstić information content (AvgIpc) is 2.34. The van der Waals surface area contributed by atoms with Crippen molar-refractivity contribution < 1.29 is 8.42 Å². The summed E-state index contributed by atoms with van der Waals surface area (Å²) in [6.07, 6.45) is 1.08. The molecule has 0 atom stereocenters. The van der Waals surface area contributed by atoms with E-state index in [1.807, 2.05) is 0 Å². The third kappa shape index (κ3) is 4.69. The number of halogens is 3. The molecule has 2 aromatic rings. The smallest absolute Gasteiger partial charge is 0.229 e. The van der Waals surface area contributed by atoms with E-state index in [4.69, 9.17) is 34.8 Å². The summed E-state index contributed by atoms with van der Waals surface area (Å²) in [4.78, 5) is 1.31. The van der Waals surface area contributed by atoms with Crippen molar-refractivity contribution >= 4 is 62.3 Å². The van der Waals surface area contributed by atoms with Crippen LogP contribution in [0.15, 0.2) is 46.2 Å². The van der Waals surface area contributed by atoms with Gasteiger partial charge in [-0.25, -0.2) is 8.42 Å². The van der Waals surface area contributed by atoms with Gasteiger partial charge in [0.05, 0.1) is 26.9 Å². The van der Waals surface area contributed by atoms with E-state index in [9.17, 15) is 8.42 Å². The topological polar surface area (TPSA) is 46.2 Å². The van der Waals surface area contributed by atoms with Gasteiger partial charge in [0, 0.05) is 9.92 Å². The summed E-state index contributed by atoms with van der Waals surface area (Å²) in [5, 5.41) is 1.43. The predicted molar refractivity (Wildman–Crippen MR) is 90.5 cm³/mol. The molecule has 112 valence electrons. The van der Waals surface area contributed by atoms with Crippen molar-refractivity contribution in [3.8, 4) is 0 Å². The van der Waals surface area contributed by atoms with Gasteiger partial charge in [-0.15, -0.1) is 0 Å². The van der Waals surface area contributed by atoms with Crippen LogP contribution in [0.4, 0.5) is 5.69 Å². The zero-order valence-corrected chi connectivity index (χ0v) is 14.6. The summed E-state index contributed by atoms with van der Waals surface area (Å²) in [5.41, 5.74) is 0.404. The fourth-order valence-corrected chi connectivity index (χ4v) is 3.92. The Bertz CT molecular complexity index is 779. The minimum Gasteiger partial charge on any atom is -0.283 e. The van der Waals surface area contributed by atoms with Gasteiger partial charge >= 0.3 is 0 Å². The molecule has 0 fully saturated rings. The predicted octanol–water partition coefficient (Wildman–Crippen LogP) is 5.17. The van der Waals surface area contributed by atoms with Crippen molar-refractivity contribution in [1.82, 2.24) is 0 Å². The molecular weight excluding hydrogens is 373 g/mol. The number of sulfonamides is 1. The number of benzene rings is 2. The van der Waals surface area contributed by atoms with Gasteiger partial charge in [0.1, 0.15) is 0 Å². The molecule has 2 rings (SSSR count). The lowest BCUT2D eigenvalue weighted by Gasteiger charge is -2.12. The lowest BCUT2D eigenvalue weighted by molar-refractivity contribution is 0.606. The fraction of sp³-hybridized carbons (Fsp3) is 0.0769. The van der Waals surface area contributed by atoms with Crippen LogP contribution in [0.25, 0.3) is 0 Å². The van der Waals surface area contributed by atoms with Gasteiger partial charge in [-0.05, 0) is 30.3 Å². The zero-order valence-electron chi connectivity index (χ0n) is 10.7. The Labute approximate surface area is 142 Å². The Morgan fingerprint density at radius 1 is 1.05 bits per heavy atom. The number of hydrogen-bond acceptors (Lipinski definition) is 3. The minimum atomic E-state index is -3.40. The Morgan fingerprint density at radius 3 is 2.38 bits per heavy atom. The van der Waals surface area contributed by atoms with Crippen molar-refractivity contribution in [2.75, 3.05) is 11.0 Å². The monoisotopic (exact) mass is 381 g/mol. The molecule has 0 unspecified atom stereocenters. The quantitative estimate of drug-likeness (QED) is 0.793. The minimum absolute atomic E-state index is 0.404. The van der Waals surface area contributed by atoms with Crippen LogP contribution < -0.4 is 4.72 Å². The third-order valence-corrected chi connectivity index (χ3v) is 5.27. The van der Waals surface area contributed by atoms with E-state index < -0.39 is 10.0 Å². The molecule has 0 amide bonds. The molecule has 0 bridgehead atoms. The summed E-state index contributed by atoms with van der Waals surface area (Å²) in [6.45, 7) is 0. The van der Waals surface area contributed by atoms with Crippen LogP contribution in [-0.4, -0.2) is 14.7 Å². The van der Waals surface area contributed by atoms with E-state index in [1.165, 1.54) is 11.8 Å². The largest absolute Gasteiger partial charge is 0.283 e. The van der Waals surface area contributed by atoms with Crippen LogP contribution >= 0.6 is 46.6 Å². The maximum Gasteiger partial charge on any atom is 0.229 e. The van der Waals surface area contributed by atoms with Crippen molar-refractivity contribution in [3.05, 3.63) is 51.5 Å². The molecule has 0 aliphatic heterocycles. The highest BCUT2D eigenvalue weighted by Crippen LogP contribution is 2.42. The summed E-state index contributed by atoms with van der Waals surface area (Å²) in [5.74, 6) is 0. The van der Waals surface area contributed by atoms with Crippen molar-refractivity contribution in [3.63, 3.8) is 0 Å². The number of anilines is 1. The second-order valence-corrected chi connectivity index (χ2v) is 8.22. The van der Waals surface area contributed by atoms with Crippen LogP contribution in [0, 0.1) is 0 Å². The molecule has 0 saturated heterocycles. The molecular formula is C13H10Cl3NO2S2. The van der Waals surface area contributed by atoms with E-state index in [2.05, 4.69) is 4.72 Å². The van der Waals surface area contributed by atoms with E-state index in [1.54, 1.807) is 36.4 Å². The maximum absolute atomic E-state index is 11.4. The van der Waals surface area contributed by atoms with E-state index >= 15 is 0 Å². The highest BCUT2D eigenvalue weighted by atomic mass is 35.5. The fourth-order valence-electron chi connectivity index (χ4n) is 1.56. The molecule has 0 aromatic heterocycles. The van der Waals surface area contributed by atoms with Gasteiger partial charge < -0.3 is 0 Å². The Balaban J connectivity index is 2.43. The first-order chi connectivity index (χ1) is 9.76. The highest BCUT2D eigenvalue weighted by molar-refractivity contribution is 8.00. The normalized spacial score (nSPS) is 11.4. The highest BCUT2D eigenvalue weighted by Gasteiger charge is 2.14. The van der Waals surface area contributed by atoms with Crippen LogP contribution in [0.3, 0.4) is 0 Å². The second-order valence-electron chi connectivity index (χ2n) is 4.17.